The monoisotopic (exact) mass is 414 g/mol. The van der Waals surface area contributed by atoms with Gasteiger partial charge in [-0.1, -0.05) is 72.4 Å². The van der Waals surface area contributed by atoms with Crippen LogP contribution in [0, 0.1) is 34.6 Å². The van der Waals surface area contributed by atoms with Crippen LogP contribution in [0.3, 0.4) is 0 Å². The first kappa shape index (κ1) is 20.7. The molecule has 4 rings (SSSR count). The van der Waals surface area contributed by atoms with Gasteiger partial charge in [0.25, 0.3) is 0 Å². The Morgan fingerprint density at radius 1 is 0.700 bits per heavy atom. The first-order valence-corrected chi connectivity index (χ1v) is 11.6. The highest BCUT2D eigenvalue weighted by molar-refractivity contribution is 8.13. The number of hydrogen-bond acceptors (Lipinski definition) is 3. The lowest BCUT2D eigenvalue weighted by atomic mass is 9.90. The average molecular weight is 415 g/mol. The van der Waals surface area contributed by atoms with E-state index in [1.54, 1.807) is 0 Å². The number of benzene rings is 3. The second-order valence-corrected chi connectivity index (χ2v) is 9.18. The van der Waals surface area contributed by atoms with Crippen LogP contribution in [0.25, 0.3) is 0 Å². The smallest absolute Gasteiger partial charge is 0.158 e. The topological polar surface area (TPSA) is 24.4 Å². The summed E-state index contributed by atoms with van der Waals surface area (Å²) in [5.41, 5.74) is 11.1. The van der Waals surface area contributed by atoms with Gasteiger partial charge in [0.1, 0.15) is 6.04 Å². The van der Waals surface area contributed by atoms with Crippen LogP contribution < -0.4 is 5.32 Å². The van der Waals surface area contributed by atoms with Crippen molar-refractivity contribution in [2.45, 2.75) is 52.5 Å². The van der Waals surface area contributed by atoms with Crippen LogP contribution in [-0.4, -0.2) is 5.17 Å². The standard InChI is InChI=1S/C27H30N2S/c1-17-18(2)20(4)24(21(5)19(17)3)16-30-27-28-25(22-12-8-6-9-13-22)26(29-27)23-14-10-7-11-15-23/h6-15,25-26H,16H2,1-5H3,(H,28,29). The molecule has 2 unspecified atom stereocenters. The van der Waals surface area contributed by atoms with Gasteiger partial charge in [-0.25, -0.2) is 0 Å². The van der Waals surface area contributed by atoms with Crippen LogP contribution in [0.15, 0.2) is 65.7 Å². The van der Waals surface area contributed by atoms with E-state index in [1.165, 1.54) is 44.5 Å². The second kappa shape index (κ2) is 8.69. The largest absolute Gasteiger partial charge is 0.356 e. The molecule has 1 aliphatic heterocycles. The van der Waals surface area contributed by atoms with Crippen molar-refractivity contribution in [3.8, 4) is 0 Å². The minimum Gasteiger partial charge on any atom is -0.356 e. The highest BCUT2D eigenvalue weighted by atomic mass is 32.2. The molecule has 154 valence electrons. The lowest BCUT2D eigenvalue weighted by Gasteiger charge is -2.20. The Balaban J connectivity index is 1.61. The molecule has 3 aromatic carbocycles. The lowest BCUT2D eigenvalue weighted by Crippen LogP contribution is -2.22. The van der Waals surface area contributed by atoms with Gasteiger partial charge in [-0.3, -0.25) is 4.99 Å². The molecule has 0 aliphatic carbocycles. The fourth-order valence-corrected chi connectivity index (χ4v) is 5.42. The Hall–Kier alpha value is -2.52. The summed E-state index contributed by atoms with van der Waals surface area (Å²) in [5, 5.41) is 4.75. The molecule has 1 N–H and O–H groups in total. The number of nitrogens with zero attached hydrogens (tertiary/aromatic N) is 1. The van der Waals surface area contributed by atoms with Gasteiger partial charge in [0.2, 0.25) is 0 Å². The highest BCUT2D eigenvalue weighted by Gasteiger charge is 2.31. The van der Waals surface area contributed by atoms with E-state index in [-0.39, 0.29) is 12.1 Å². The van der Waals surface area contributed by atoms with Crippen molar-refractivity contribution in [3.05, 3.63) is 105 Å². The summed E-state index contributed by atoms with van der Waals surface area (Å²) in [5.74, 6) is 0.939. The minimum atomic E-state index is 0.0970. The number of hydrogen-bond donors (Lipinski definition) is 1. The molecular weight excluding hydrogens is 384 g/mol. The molecule has 0 aromatic heterocycles. The third-order valence-corrected chi connectivity index (χ3v) is 7.59. The Morgan fingerprint density at radius 2 is 1.20 bits per heavy atom. The first-order valence-electron chi connectivity index (χ1n) is 10.6. The Bertz CT molecular complexity index is 1040. The number of nitrogens with one attached hydrogen (secondary N) is 1. The quantitative estimate of drug-likeness (QED) is 0.502. The number of amidine groups is 1. The normalized spacial score (nSPS) is 18.2. The summed E-state index contributed by atoms with van der Waals surface area (Å²) in [4.78, 5) is 5.12. The van der Waals surface area contributed by atoms with E-state index in [4.69, 9.17) is 4.99 Å². The molecule has 2 atom stereocenters. The van der Waals surface area contributed by atoms with Crippen molar-refractivity contribution in [2.24, 2.45) is 4.99 Å². The Morgan fingerprint density at radius 3 is 1.77 bits per heavy atom. The van der Waals surface area contributed by atoms with Crippen LogP contribution in [0.2, 0.25) is 0 Å². The van der Waals surface area contributed by atoms with Crippen LogP contribution in [0.5, 0.6) is 0 Å². The maximum Gasteiger partial charge on any atom is 0.158 e. The molecule has 30 heavy (non-hydrogen) atoms. The van der Waals surface area contributed by atoms with Crippen molar-refractivity contribution < 1.29 is 0 Å². The van der Waals surface area contributed by atoms with Gasteiger partial charge in [0.15, 0.2) is 5.17 Å². The van der Waals surface area contributed by atoms with E-state index >= 15 is 0 Å². The van der Waals surface area contributed by atoms with Gasteiger partial charge in [-0.05, 0) is 79.1 Å². The van der Waals surface area contributed by atoms with Gasteiger partial charge in [0.05, 0.1) is 6.04 Å². The van der Waals surface area contributed by atoms with Gasteiger partial charge >= 0.3 is 0 Å². The van der Waals surface area contributed by atoms with Crippen molar-refractivity contribution in [1.82, 2.24) is 5.32 Å². The van der Waals surface area contributed by atoms with Gasteiger partial charge in [-0.2, -0.15) is 0 Å². The SMILES string of the molecule is Cc1c(C)c(C)c(CSC2=NC(c3ccccc3)C(c3ccccc3)N2)c(C)c1C. The molecule has 0 fully saturated rings. The van der Waals surface area contributed by atoms with Crippen LogP contribution in [-0.2, 0) is 5.75 Å². The van der Waals surface area contributed by atoms with Gasteiger partial charge < -0.3 is 5.32 Å². The molecule has 3 heteroatoms. The lowest BCUT2D eigenvalue weighted by molar-refractivity contribution is 0.573. The average Bonchev–Trinajstić information content (AvgIpc) is 3.22. The zero-order valence-electron chi connectivity index (χ0n) is 18.5. The van der Waals surface area contributed by atoms with Gasteiger partial charge in [0, 0.05) is 5.75 Å². The van der Waals surface area contributed by atoms with Gasteiger partial charge in [-0.15, -0.1) is 0 Å². The molecule has 0 amide bonds. The third-order valence-electron chi connectivity index (χ3n) is 6.66. The highest BCUT2D eigenvalue weighted by Crippen LogP contribution is 2.38. The van der Waals surface area contributed by atoms with Crippen molar-refractivity contribution >= 4 is 16.9 Å². The summed E-state index contributed by atoms with van der Waals surface area (Å²) >= 11 is 1.82. The van der Waals surface area contributed by atoms with Crippen LogP contribution >= 0.6 is 11.8 Å². The first-order chi connectivity index (χ1) is 14.5. The van der Waals surface area contributed by atoms with Crippen molar-refractivity contribution in [3.63, 3.8) is 0 Å². The van der Waals surface area contributed by atoms with E-state index in [0.717, 1.165) is 10.9 Å². The molecule has 0 saturated carbocycles. The number of rotatable bonds is 4. The fourth-order valence-electron chi connectivity index (χ4n) is 4.31. The molecule has 0 spiro atoms. The molecule has 1 aliphatic rings. The van der Waals surface area contributed by atoms with Crippen molar-refractivity contribution in [1.29, 1.82) is 0 Å². The second-order valence-electron chi connectivity index (χ2n) is 8.21. The molecule has 3 aromatic rings. The Labute approximate surface area is 184 Å². The Kier molecular flexibility index (Phi) is 6.01. The molecular formula is C27H30N2S. The zero-order valence-corrected chi connectivity index (χ0v) is 19.3. The molecule has 0 radical (unpaired) electrons. The molecule has 0 saturated heterocycles. The summed E-state index contributed by atoms with van der Waals surface area (Å²) < 4.78 is 0. The summed E-state index contributed by atoms with van der Waals surface area (Å²) in [6.07, 6.45) is 0. The minimum absolute atomic E-state index is 0.0970. The maximum absolute atomic E-state index is 5.12. The van der Waals surface area contributed by atoms with Crippen LogP contribution in [0.4, 0.5) is 0 Å². The maximum atomic E-state index is 5.12. The molecule has 2 nitrogen and oxygen atoms in total. The predicted molar refractivity (Wildman–Crippen MR) is 130 cm³/mol. The zero-order chi connectivity index (χ0) is 21.3. The van der Waals surface area contributed by atoms with E-state index < -0.39 is 0 Å². The summed E-state index contributed by atoms with van der Waals surface area (Å²) in [6, 6.07) is 21.6. The van der Waals surface area contributed by atoms with Crippen LogP contribution in [0.1, 0.15) is 56.6 Å². The van der Waals surface area contributed by atoms with E-state index in [2.05, 4.69) is 101 Å². The fraction of sp³-hybridized carbons (Fsp3) is 0.296. The number of thioether (sulfide) groups is 1. The van der Waals surface area contributed by atoms with E-state index in [1.807, 2.05) is 11.8 Å². The summed E-state index contributed by atoms with van der Waals surface area (Å²) in [6.45, 7) is 11.2. The van der Waals surface area contributed by atoms with E-state index in [9.17, 15) is 0 Å². The number of aliphatic imine (C=N–C) groups is 1. The van der Waals surface area contributed by atoms with Crippen molar-refractivity contribution in [2.75, 3.05) is 0 Å². The molecule has 1 heterocycles. The van der Waals surface area contributed by atoms with E-state index in [0.29, 0.717) is 0 Å². The third kappa shape index (κ3) is 3.91. The predicted octanol–water partition coefficient (Wildman–Crippen LogP) is 6.90. The molecule has 0 bridgehead atoms. The summed E-state index contributed by atoms with van der Waals surface area (Å²) in [7, 11) is 0.